The van der Waals surface area contributed by atoms with Crippen LogP contribution in [0.2, 0.25) is 0 Å². The summed E-state index contributed by atoms with van der Waals surface area (Å²) in [6.07, 6.45) is 1.83. The maximum atomic E-state index is 5.45. The minimum Gasteiger partial charge on any atom is -0.326 e. The zero-order chi connectivity index (χ0) is 8.97. The van der Waals surface area contributed by atoms with Crippen LogP contribution >= 0.6 is 0 Å². The van der Waals surface area contributed by atoms with Crippen molar-refractivity contribution in [3.63, 3.8) is 0 Å². The summed E-state index contributed by atoms with van der Waals surface area (Å²) in [6.45, 7) is 1.44. The Morgan fingerprint density at radius 2 is 2.17 bits per heavy atom. The van der Waals surface area contributed by atoms with Gasteiger partial charge in [-0.05, 0) is 25.7 Å². The maximum Gasteiger partial charge on any atom is 0.0543 e. The van der Waals surface area contributed by atoms with E-state index < -0.39 is 0 Å². The van der Waals surface area contributed by atoms with Crippen molar-refractivity contribution in [1.82, 2.24) is 9.88 Å². The van der Waals surface area contributed by atoms with Crippen molar-refractivity contribution in [3.05, 3.63) is 29.6 Å². The lowest BCUT2D eigenvalue weighted by atomic mass is 10.2. The summed E-state index contributed by atoms with van der Waals surface area (Å²) < 4.78 is 0. The van der Waals surface area contributed by atoms with E-state index in [1.165, 1.54) is 0 Å². The molecule has 1 aromatic rings. The van der Waals surface area contributed by atoms with E-state index in [1.807, 2.05) is 32.4 Å². The lowest BCUT2D eigenvalue weighted by Crippen LogP contribution is -2.12. The monoisotopic (exact) mass is 165 g/mol. The number of hydrogen-bond donors (Lipinski definition) is 1. The summed E-state index contributed by atoms with van der Waals surface area (Å²) in [4.78, 5) is 6.36. The molecular formula is C9H15N3. The molecule has 0 aromatic carbocycles. The Morgan fingerprint density at radius 1 is 1.42 bits per heavy atom. The lowest BCUT2D eigenvalue weighted by Gasteiger charge is -2.08. The Labute approximate surface area is 73.2 Å². The molecule has 0 aliphatic rings. The minimum atomic E-state index is 0.565. The standard InChI is InChI=1S/C9H15N3/c1-12(2)7-9-4-3-8(5-10)6-11-9/h3-4,6H,5,7,10H2,1-2H3. The molecule has 0 aliphatic heterocycles. The highest BCUT2D eigenvalue weighted by atomic mass is 15.1. The van der Waals surface area contributed by atoms with Crippen molar-refractivity contribution >= 4 is 0 Å². The fraction of sp³-hybridized carbons (Fsp3) is 0.444. The van der Waals surface area contributed by atoms with Gasteiger partial charge in [-0.3, -0.25) is 4.98 Å². The average Bonchev–Trinajstić information content (AvgIpc) is 2.05. The van der Waals surface area contributed by atoms with Crippen LogP contribution in [-0.2, 0) is 13.1 Å². The van der Waals surface area contributed by atoms with Gasteiger partial charge in [-0.25, -0.2) is 0 Å². The molecule has 12 heavy (non-hydrogen) atoms. The van der Waals surface area contributed by atoms with E-state index in [0.29, 0.717) is 6.54 Å². The fourth-order valence-corrected chi connectivity index (χ4v) is 0.993. The zero-order valence-corrected chi connectivity index (χ0v) is 7.62. The van der Waals surface area contributed by atoms with Crippen LogP contribution in [0.4, 0.5) is 0 Å². The van der Waals surface area contributed by atoms with Gasteiger partial charge in [0, 0.05) is 19.3 Å². The first-order valence-corrected chi connectivity index (χ1v) is 4.01. The van der Waals surface area contributed by atoms with Gasteiger partial charge >= 0.3 is 0 Å². The first-order chi connectivity index (χ1) is 5.72. The molecule has 0 saturated heterocycles. The van der Waals surface area contributed by atoms with Gasteiger partial charge in [-0.1, -0.05) is 6.07 Å². The van der Waals surface area contributed by atoms with Crippen LogP contribution in [0.15, 0.2) is 18.3 Å². The summed E-state index contributed by atoms with van der Waals surface area (Å²) in [7, 11) is 4.05. The molecule has 0 bridgehead atoms. The summed E-state index contributed by atoms with van der Waals surface area (Å²) >= 11 is 0. The second kappa shape index (κ2) is 4.18. The highest BCUT2D eigenvalue weighted by Crippen LogP contribution is 2.00. The minimum absolute atomic E-state index is 0.565. The van der Waals surface area contributed by atoms with Gasteiger partial charge in [-0.15, -0.1) is 0 Å². The van der Waals surface area contributed by atoms with Crippen LogP contribution in [0.5, 0.6) is 0 Å². The normalized spacial score (nSPS) is 10.7. The average molecular weight is 165 g/mol. The third-order valence-corrected chi connectivity index (χ3v) is 1.60. The first-order valence-electron chi connectivity index (χ1n) is 4.01. The number of hydrogen-bond acceptors (Lipinski definition) is 3. The Balaban J connectivity index is 2.65. The molecule has 66 valence electrons. The summed E-state index contributed by atoms with van der Waals surface area (Å²) in [5, 5.41) is 0. The smallest absolute Gasteiger partial charge is 0.0543 e. The molecule has 0 spiro atoms. The molecule has 1 heterocycles. The van der Waals surface area contributed by atoms with Crippen LogP contribution in [0.3, 0.4) is 0 Å². The fourth-order valence-electron chi connectivity index (χ4n) is 0.993. The van der Waals surface area contributed by atoms with E-state index in [-0.39, 0.29) is 0 Å². The van der Waals surface area contributed by atoms with Crippen molar-refractivity contribution in [2.45, 2.75) is 13.1 Å². The molecule has 0 amide bonds. The molecule has 1 aromatic heterocycles. The molecule has 3 nitrogen and oxygen atoms in total. The number of nitrogens with zero attached hydrogens (tertiary/aromatic N) is 2. The van der Waals surface area contributed by atoms with E-state index >= 15 is 0 Å². The molecule has 0 fully saturated rings. The molecular weight excluding hydrogens is 150 g/mol. The van der Waals surface area contributed by atoms with E-state index in [0.717, 1.165) is 17.8 Å². The maximum absolute atomic E-state index is 5.45. The van der Waals surface area contributed by atoms with E-state index in [9.17, 15) is 0 Å². The molecule has 2 N–H and O–H groups in total. The second-order valence-corrected chi connectivity index (χ2v) is 3.10. The molecule has 0 atom stereocenters. The van der Waals surface area contributed by atoms with Crippen LogP contribution < -0.4 is 5.73 Å². The summed E-state index contributed by atoms with van der Waals surface area (Å²) in [5.41, 5.74) is 7.61. The first kappa shape index (κ1) is 9.16. The SMILES string of the molecule is CN(C)Cc1ccc(CN)cn1. The Hall–Kier alpha value is -0.930. The summed E-state index contributed by atoms with van der Waals surface area (Å²) in [5.74, 6) is 0. The molecule has 0 aliphatic carbocycles. The zero-order valence-electron chi connectivity index (χ0n) is 7.62. The Kier molecular flexibility index (Phi) is 3.19. The van der Waals surface area contributed by atoms with E-state index in [2.05, 4.69) is 9.88 Å². The number of pyridine rings is 1. The quantitative estimate of drug-likeness (QED) is 0.713. The highest BCUT2D eigenvalue weighted by Gasteiger charge is 1.95. The number of rotatable bonds is 3. The topological polar surface area (TPSA) is 42.1 Å². The van der Waals surface area contributed by atoms with Gasteiger partial charge < -0.3 is 10.6 Å². The van der Waals surface area contributed by atoms with Gasteiger partial charge in [-0.2, -0.15) is 0 Å². The molecule has 0 radical (unpaired) electrons. The van der Waals surface area contributed by atoms with Gasteiger partial charge in [0.1, 0.15) is 0 Å². The van der Waals surface area contributed by atoms with Gasteiger partial charge in [0.05, 0.1) is 5.69 Å². The molecule has 1 rings (SSSR count). The third kappa shape index (κ3) is 2.60. The Bertz CT molecular complexity index is 228. The van der Waals surface area contributed by atoms with Crippen LogP contribution in [0.1, 0.15) is 11.3 Å². The predicted molar refractivity (Wildman–Crippen MR) is 49.5 cm³/mol. The Morgan fingerprint density at radius 3 is 2.58 bits per heavy atom. The van der Waals surface area contributed by atoms with Crippen molar-refractivity contribution in [1.29, 1.82) is 0 Å². The van der Waals surface area contributed by atoms with Crippen LogP contribution in [0.25, 0.3) is 0 Å². The highest BCUT2D eigenvalue weighted by molar-refractivity contribution is 5.13. The third-order valence-electron chi connectivity index (χ3n) is 1.60. The van der Waals surface area contributed by atoms with Crippen molar-refractivity contribution in [2.75, 3.05) is 14.1 Å². The van der Waals surface area contributed by atoms with Crippen LogP contribution in [0, 0.1) is 0 Å². The van der Waals surface area contributed by atoms with E-state index in [1.54, 1.807) is 0 Å². The number of nitrogens with two attached hydrogens (primary N) is 1. The number of aromatic nitrogens is 1. The van der Waals surface area contributed by atoms with Crippen molar-refractivity contribution in [2.24, 2.45) is 5.73 Å². The van der Waals surface area contributed by atoms with Gasteiger partial charge in [0.15, 0.2) is 0 Å². The van der Waals surface area contributed by atoms with Gasteiger partial charge in [0.25, 0.3) is 0 Å². The van der Waals surface area contributed by atoms with Crippen LogP contribution in [-0.4, -0.2) is 24.0 Å². The predicted octanol–water partition coefficient (Wildman–Crippen LogP) is 0.602. The largest absolute Gasteiger partial charge is 0.326 e. The molecule has 0 saturated carbocycles. The second-order valence-electron chi connectivity index (χ2n) is 3.10. The summed E-state index contributed by atoms with van der Waals surface area (Å²) in [6, 6.07) is 4.04. The van der Waals surface area contributed by atoms with E-state index in [4.69, 9.17) is 5.73 Å². The van der Waals surface area contributed by atoms with Gasteiger partial charge in [0.2, 0.25) is 0 Å². The molecule has 3 heteroatoms. The molecule has 0 unspecified atom stereocenters. The van der Waals surface area contributed by atoms with Crippen molar-refractivity contribution < 1.29 is 0 Å². The lowest BCUT2D eigenvalue weighted by molar-refractivity contribution is 0.397. The van der Waals surface area contributed by atoms with Crippen molar-refractivity contribution in [3.8, 4) is 0 Å².